The number of piperidine rings is 1. The number of hydrogen-bond donors (Lipinski definition) is 2. The molecule has 1 fully saturated rings. The molecule has 2 aromatic carbocycles. The minimum Gasteiger partial charge on any atom is -0.487 e. The van der Waals surface area contributed by atoms with Crippen molar-refractivity contribution in [1.82, 2.24) is 14.9 Å². The van der Waals surface area contributed by atoms with Gasteiger partial charge in [-0.3, -0.25) is 4.90 Å². The predicted octanol–water partition coefficient (Wildman–Crippen LogP) is 3.44. The minimum atomic E-state index is -0.168. The molecule has 3 aromatic rings. The summed E-state index contributed by atoms with van der Waals surface area (Å²) >= 11 is 0. The number of rotatable bonds is 1. The monoisotopic (exact) mass is 414 g/mol. The zero-order valence-electron chi connectivity index (χ0n) is 17.5. The third kappa shape index (κ3) is 3.24. The van der Waals surface area contributed by atoms with Gasteiger partial charge in [0.25, 0.3) is 0 Å². The van der Waals surface area contributed by atoms with Crippen LogP contribution in [0.5, 0.6) is 5.75 Å². The van der Waals surface area contributed by atoms with Gasteiger partial charge in [0.1, 0.15) is 11.4 Å². The number of likely N-dealkylation sites (tertiary alicyclic amines) is 1. The number of hydrogen-bond acceptors (Lipinski definition) is 4. The molecule has 0 bridgehead atoms. The number of imidazole rings is 1. The molecule has 1 spiro atoms. The summed E-state index contributed by atoms with van der Waals surface area (Å²) in [5.74, 6) is 0.933. The van der Waals surface area contributed by atoms with Crippen LogP contribution in [0.1, 0.15) is 47.9 Å². The Hall–Kier alpha value is -3.04. The summed E-state index contributed by atoms with van der Waals surface area (Å²) in [6.07, 6.45) is 7.44. The van der Waals surface area contributed by atoms with Gasteiger partial charge >= 0.3 is 5.69 Å². The number of aryl methyl sites for hydroxylation is 2. The maximum absolute atomic E-state index is 11.6. The quantitative estimate of drug-likeness (QED) is 0.639. The highest BCUT2D eigenvalue weighted by Gasteiger charge is 2.41. The molecule has 0 saturated carbocycles. The maximum atomic E-state index is 11.6. The minimum absolute atomic E-state index is 0.0813. The van der Waals surface area contributed by atoms with Crippen LogP contribution < -0.4 is 10.4 Å². The smallest absolute Gasteiger partial charge is 0.323 e. The largest absolute Gasteiger partial charge is 0.487 e. The number of ether oxygens (including phenoxy) is 1. The Morgan fingerprint density at radius 1 is 1.00 bits per heavy atom. The van der Waals surface area contributed by atoms with E-state index in [1.807, 2.05) is 12.1 Å². The zero-order valence-corrected chi connectivity index (χ0v) is 17.5. The molecule has 3 aliphatic rings. The molecular formula is C25H26N4O2. The second-order valence-corrected chi connectivity index (χ2v) is 9.40. The van der Waals surface area contributed by atoms with Crippen LogP contribution >= 0.6 is 0 Å². The first kappa shape index (κ1) is 18.7. The van der Waals surface area contributed by atoms with Crippen LogP contribution in [-0.2, 0) is 19.3 Å². The lowest BCUT2D eigenvalue weighted by molar-refractivity contribution is -0.0258. The average Bonchev–Trinajstić information content (AvgIpc) is 3.16. The molecule has 6 nitrogen and oxygen atoms in total. The van der Waals surface area contributed by atoms with E-state index in [-0.39, 0.29) is 11.3 Å². The second-order valence-electron chi connectivity index (χ2n) is 9.40. The maximum Gasteiger partial charge on any atom is 0.323 e. The predicted molar refractivity (Wildman–Crippen MR) is 118 cm³/mol. The number of aromatic nitrogens is 2. The summed E-state index contributed by atoms with van der Waals surface area (Å²) in [4.78, 5) is 20.0. The van der Waals surface area contributed by atoms with E-state index in [0.717, 1.165) is 80.4 Å². The Kier molecular flexibility index (Phi) is 4.22. The first-order valence-electron chi connectivity index (χ1n) is 11.3. The number of nitrogens with zero attached hydrogens (tertiary/aromatic N) is 2. The molecule has 158 valence electrons. The highest BCUT2D eigenvalue weighted by atomic mass is 16.5. The van der Waals surface area contributed by atoms with E-state index in [0.29, 0.717) is 6.04 Å². The van der Waals surface area contributed by atoms with Gasteiger partial charge in [0.15, 0.2) is 0 Å². The lowest BCUT2D eigenvalue weighted by atomic mass is 9.81. The summed E-state index contributed by atoms with van der Waals surface area (Å²) in [5.41, 5.74) is 6.15. The van der Waals surface area contributed by atoms with Crippen LogP contribution in [0.2, 0.25) is 0 Å². The summed E-state index contributed by atoms with van der Waals surface area (Å²) in [5, 5.41) is 9.14. The third-order valence-electron chi connectivity index (χ3n) is 7.64. The molecule has 1 unspecified atom stereocenters. The number of fused-ring (bicyclic) bond motifs is 3. The number of benzene rings is 2. The Morgan fingerprint density at radius 2 is 1.81 bits per heavy atom. The molecule has 2 N–H and O–H groups in total. The van der Waals surface area contributed by atoms with Crippen LogP contribution in [0.3, 0.4) is 0 Å². The Balaban J connectivity index is 1.15. The van der Waals surface area contributed by atoms with Gasteiger partial charge in [-0.1, -0.05) is 6.07 Å². The van der Waals surface area contributed by atoms with Crippen LogP contribution in [0, 0.1) is 11.3 Å². The summed E-state index contributed by atoms with van der Waals surface area (Å²) in [6.45, 7) is 2.13. The molecule has 6 heteroatoms. The van der Waals surface area contributed by atoms with E-state index >= 15 is 0 Å². The molecular weight excluding hydrogens is 388 g/mol. The molecule has 0 radical (unpaired) electrons. The first-order valence-corrected chi connectivity index (χ1v) is 11.3. The fraction of sp³-hybridized carbons (Fsp3) is 0.440. The van der Waals surface area contributed by atoms with Gasteiger partial charge < -0.3 is 14.7 Å². The average molecular weight is 415 g/mol. The van der Waals surface area contributed by atoms with E-state index in [1.165, 1.54) is 16.7 Å². The van der Waals surface area contributed by atoms with Crippen LogP contribution in [-0.4, -0.2) is 39.6 Å². The normalized spacial score (nSPS) is 22.5. The Morgan fingerprint density at radius 3 is 2.61 bits per heavy atom. The van der Waals surface area contributed by atoms with Gasteiger partial charge in [0.2, 0.25) is 0 Å². The van der Waals surface area contributed by atoms with Crippen molar-refractivity contribution < 1.29 is 4.74 Å². The van der Waals surface area contributed by atoms with Crippen molar-refractivity contribution in [2.75, 3.05) is 13.1 Å². The van der Waals surface area contributed by atoms with Crippen LogP contribution in [0.4, 0.5) is 0 Å². The molecule has 2 aliphatic heterocycles. The van der Waals surface area contributed by atoms with Crippen molar-refractivity contribution in [3.63, 3.8) is 0 Å². The fourth-order valence-corrected chi connectivity index (χ4v) is 5.81. The molecule has 1 aliphatic carbocycles. The van der Waals surface area contributed by atoms with Crippen molar-refractivity contribution in [1.29, 1.82) is 5.26 Å². The number of aromatic amines is 2. The van der Waals surface area contributed by atoms with E-state index in [1.54, 1.807) is 0 Å². The van der Waals surface area contributed by atoms with E-state index in [2.05, 4.69) is 39.1 Å². The van der Waals surface area contributed by atoms with Gasteiger partial charge in [-0.25, -0.2) is 4.79 Å². The van der Waals surface area contributed by atoms with Crippen molar-refractivity contribution in [3.05, 3.63) is 63.1 Å². The molecule has 1 aromatic heterocycles. The van der Waals surface area contributed by atoms with E-state index in [4.69, 9.17) is 10.00 Å². The Labute approximate surface area is 180 Å². The molecule has 1 saturated heterocycles. The Bertz CT molecular complexity index is 1260. The summed E-state index contributed by atoms with van der Waals surface area (Å²) < 4.78 is 6.60. The SMILES string of the molecule is N#Cc1ccc2c(c1)CCC(N1CCC3(CCc4cc5[nH]c(=O)[nH]c5cc4O3)CC1)C2. The lowest BCUT2D eigenvalue weighted by Crippen LogP contribution is -2.53. The van der Waals surface area contributed by atoms with Crippen molar-refractivity contribution in [3.8, 4) is 11.8 Å². The van der Waals surface area contributed by atoms with E-state index < -0.39 is 0 Å². The van der Waals surface area contributed by atoms with Gasteiger partial charge in [0.05, 0.1) is 22.7 Å². The van der Waals surface area contributed by atoms with Crippen LogP contribution in [0.15, 0.2) is 35.1 Å². The van der Waals surface area contributed by atoms with Gasteiger partial charge in [-0.2, -0.15) is 5.26 Å². The number of H-pyrrole nitrogens is 2. The van der Waals surface area contributed by atoms with Gasteiger partial charge in [0, 0.05) is 25.2 Å². The van der Waals surface area contributed by atoms with Crippen molar-refractivity contribution in [2.45, 2.75) is 56.6 Å². The number of nitrogens with one attached hydrogen (secondary N) is 2. The van der Waals surface area contributed by atoms with Gasteiger partial charge in [-0.05, 0) is 79.8 Å². The van der Waals surface area contributed by atoms with Crippen molar-refractivity contribution in [2.24, 2.45) is 0 Å². The highest BCUT2D eigenvalue weighted by Crippen LogP contribution is 2.41. The first-order chi connectivity index (χ1) is 15.1. The standard InChI is InChI=1S/C25H26N4O2/c26-15-16-1-2-18-12-20(4-3-17(18)11-16)29-9-7-25(8-10-29)6-5-19-13-21-22(14-23(19)31-25)28-24(30)27-21/h1-2,11,13-14,20H,3-10,12H2,(H2,27,28,30). The molecule has 0 amide bonds. The molecule has 1 atom stereocenters. The molecule has 3 heterocycles. The molecule has 31 heavy (non-hydrogen) atoms. The summed E-state index contributed by atoms with van der Waals surface area (Å²) in [6, 6.07) is 13.1. The van der Waals surface area contributed by atoms with Gasteiger partial charge in [-0.15, -0.1) is 0 Å². The second kappa shape index (κ2) is 7.00. The number of nitriles is 1. The lowest BCUT2D eigenvalue weighted by Gasteiger charge is -2.47. The summed E-state index contributed by atoms with van der Waals surface area (Å²) in [7, 11) is 0. The van der Waals surface area contributed by atoms with Crippen LogP contribution in [0.25, 0.3) is 11.0 Å². The topological polar surface area (TPSA) is 84.9 Å². The highest BCUT2D eigenvalue weighted by molar-refractivity contribution is 5.78. The van der Waals surface area contributed by atoms with E-state index in [9.17, 15) is 4.79 Å². The molecule has 6 rings (SSSR count). The van der Waals surface area contributed by atoms with Crippen molar-refractivity contribution >= 4 is 11.0 Å². The third-order valence-corrected chi connectivity index (χ3v) is 7.64. The zero-order chi connectivity index (χ0) is 21.0. The fourth-order valence-electron chi connectivity index (χ4n) is 5.81.